The first-order valence-electron chi connectivity index (χ1n) is 15.8. The second kappa shape index (κ2) is 19.7. The normalized spacial score (nSPS) is 12.3. The number of para-hydroxylation sites is 2. The Balaban J connectivity index is 1.10. The zero-order chi connectivity index (χ0) is 27.4. The highest BCUT2D eigenvalue weighted by atomic mass is 16.5. The minimum Gasteiger partial charge on any atom is -0.491 e. The Bertz CT molecular complexity index is 968. The molecule has 216 valence electrons. The van der Waals surface area contributed by atoms with Gasteiger partial charge >= 0.3 is 0 Å². The largest absolute Gasteiger partial charge is 0.491 e. The molecule has 1 aromatic heterocycles. The molecular formula is C34H53N3O2. The Morgan fingerprint density at radius 3 is 1.90 bits per heavy atom. The van der Waals surface area contributed by atoms with Crippen LogP contribution in [0.5, 0.6) is 5.75 Å². The van der Waals surface area contributed by atoms with E-state index < -0.39 is 6.10 Å². The van der Waals surface area contributed by atoms with Crippen LogP contribution in [0.15, 0.2) is 48.5 Å². The van der Waals surface area contributed by atoms with Crippen molar-refractivity contribution in [3.8, 4) is 17.1 Å². The topological polar surface area (TPSA) is 70.2 Å². The molecular weight excluding hydrogens is 482 g/mol. The highest BCUT2D eigenvalue weighted by molar-refractivity contribution is 5.79. The van der Waals surface area contributed by atoms with Crippen molar-refractivity contribution >= 4 is 11.0 Å². The molecule has 3 rings (SSSR count). The SMILES string of the molecule is CCCCCCCCCCCCCCCCCCNCC(O)COc1ccc(-c2nc3ccccc3[nH]2)cc1. The van der Waals surface area contributed by atoms with Gasteiger partial charge in [-0.25, -0.2) is 4.98 Å². The Labute approximate surface area is 237 Å². The number of aromatic amines is 1. The molecule has 5 nitrogen and oxygen atoms in total. The van der Waals surface area contributed by atoms with Gasteiger partial charge in [0.1, 0.15) is 24.3 Å². The van der Waals surface area contributed by atoms with Crippen LogP contribution in [-0.2, 0) is 0 Å². The number of ether oxygens (including phenoxy) is 1. The van der Waals surface area contributed by atoms with E-state index in [-0.39, 0.29) is 6.61 Å². The summed E-state index contributed by atoms with van der Waals surface area (Å²) in [6.45, 7) is 4.10. The van der Waals surface area contributed by atoms with Gasteiger partial charge in [0.15, 0.2) is 0 Å². The molecule has 39 heavy (non-hydrogen) atoms. The van der Waals surface area contributed by atoms with Crippen molar-refractivity contribution in [1.29, 1.82) is 0 Å². The number of H-pyrrole nitrogens is 1. The molecule has 0 fully saturated rings. The number of benzene rings is 2. The summed E-state index contributed by atoms with van der Waals surface area (Å²) in [6, 6.07) is 15.9. The van der Waals surface area contributed by atoms with Crippen LogP contribution in [0, 0.1) is 0 Å². The van der Waals surface area contributed by atoms with Crippen LogP contribution in [0.3, 0.4) is 0 Å². The summed E-state index contributed by atoms with van der Waals surface area (Å²) in [5.41, 5.74) is 3.01. The van der Waals surface area contributed by atoms with Crippen molar-refractivity contribution in [2.75, 3.05) is 19.7 Å². The lowest BCUT2D eigenvalue weighted by molar-refractivity contribution is 0.106. The van der Waals surface area contributed by atoms with Gasteiger partial charge in [-0.15, -0.1) is 0 Å². The smallest absolute Gasteiger partial charge is 0.138 e. The van der Waals surface area contributed by atoms with E-state index in [1.807, 2.05) is 48.5 Å². The molecule has 1 atom stereocenters. The first-order valence-corrected chi connectivity index (χ1v) is 15.8. The van der Waals surface area contributed by atoms with Gasteiger partial charge in [0.2, 0.25) is 0 Å². The van der Waals surface area contributed by atoms with E-state index >= 15 is 0 Å². The van der Waals surface area contributed by atoms with E-state index in [0.717, 1.165) is 34.7 Å². The van der Waals surface area contributed by atoms with Gasteiger partial charge in [0, 0.05) is 12.1 Å². The van der Waals surface area contributed by atoms with E-state index in [1.54, 1.807) is 0 Å². The number of fused-ring (bicyclic) bond motifs is 1. The zero-order valence-corrected chi connectivity index (χ0v) is 24.4. The number of aliphatic hydroxyl groups is 1. The van der Waals surface area contributed by atoms with Crippen molar-refractivity contribution < 1.29 is 9.84 Å². The molecule has 0 bridgehead atoms. The van der Waals surface area contributed by atoms with Gasteiger partial charge in [0.25, 0.3) is 0 Å². The minimum absolute atomic E-state index is 0.288. The average Bonchev–Trinajstić information content (AvgIpc) is 3.40. The van der Waals surface area contributed by atoms with Gasteiger partial charge in [-0.05, 0) is 49.4 Å². The Morgan fingerprint density at radius 2 is 1.31 bits per heavy atom. The maximum atomic E-state index is 10.3. The zero-order valence-electron chi connectivity index (χ0n) is 24.4. The summed E-state index contributed by atoms with van der Waals surface area (Å²) in [5.74, 6) is 1.60. The number of nitrogens with one attached hydrogen (secondary N) is 2. The summed E-state index contributed by atoms with van der Waals surface area (Å²) < 4.78 is 5.78. The highest BCUT2D eigenvalue weighted by Gasteiger charge is 2.07. The lowest BCUT2D eigenvalue weighted by atomic mass is 10.0. The third kappa shape index (κ3) is 13.0. The molecule has 5 heteroatoms. The number of aromatic nitrogens is 2. The van der Waals surface area contributed by atoms with E-state index in [1.165, 1.54) is 103 Å². The maximum absolute atomic E-state index is 10.3. The molecule has 0 saturated carbocycles. The molecule has 0 aliphatic heterocycles. The molecule has 2 aromatic carbocycles. The lowest BCUT2D eigenvalue weighted by Crippen LogP contribution is -2.32. The standard InChI is InChI=1S/C34H53N3O2/c1-2-3-4-5-6-7-8-9-10-11-12-13-14-15-16-19-26-35-27-30(38)28-39-31-24-22-29(23-25-31)34-36-32-20-17-18-21-33(32)37-34/h17-18,20-25,30,35,38H,2-16,19,26-28H2,1H3,(H,36,37). The van der Waals surface area contributed by atoms with Crippen molar-refractivity contribution in [2.45, 2.75) is 116 Å². The first-order chi connectivity index (χ1) is 19.3. The predicted molar refractivity (Wildman–Crippen MR) is 165 cm³/mol. The number of nitrogens with zero attached hydrogens (tertiary/aromatic N) is 1. The average molecular weight is 536 g/mol. The minimum atomic E-state index is -0.513. The van der Waals surface area contributed by atoms with Crippen LogP contribution in [0.25, 0.3) is 22.4 Å². The Kier molecular flexibility index (Phi) is 15.7. The van der Waals surface area contributed by atoms with E-state index in [9.17, 15) is 5.11 Å². The summed E-state index contributed by atoms with van der Waals surface area (Å²) in [7, 11) is 0. The molecule has 1 unspecified atom stereocenters. The van der Waals surface area contributed by atoms with Crippen molar-refractivity contribution in [1.82, 2.24) is 15.3 Å². The third-order valence-electron chi connectivity index (χ3n) is 7.55. The molecule has 1 heterocycles. The number of aliphatic hydroxyl groups excluding tert-OH is 1. The number of imidazole rings is 1. The fraction of sp³-hybridized carbons (Fsp3) is 0.618. The van der Waals surface area contributed by atoms with E-state index in [4.69, 9.17) is 4.74 Å². The first kappa shape index (κ1) is 31.2. The molecule has 0 aliphatic rings. The molecule has 0 aliphatic carbocycles. The Hall–Kier alpha value is -2.37. The molecule has 0 saturated heterocycles. The van der Waals surface area contributed by atoms with Gasteiger partial charge < -0.3 is 20.1 Å². The maximum Gasteiger partial charge on any atom is 0.138 e. The molecule has 0 radical (unpaired) electrons. The van der Waals surface area contributed by atoms with E-state index in [0.29, 0.717) is 6.54 Å². The van der Waals surface area contributed by atoms with Crippen LogP contribution in [0.1, 0.15) is 110 Å². The Morgan fingerprint density at radius 1 is 0.744 bits per heavy atom. The lowest BCUT2D eigenvalue weighted by Gasteiger charge is -2.13. The van der Waals surface area contributed by atoms with E-state index in [2.05, 4.69) is 22.2 Å². The molecule has 3 aromatic rings. The van der Waals surface area contributed by atoms with Crippen LogP contribution in [0.4, 0.5) is 0 Å². The monoisotopic (exact) mass is 535 g/mol. The van der Waals surface area contributed by atoms with Crippen LogP contribution in [0.2, 0.25) is 0 Å². The molecule has 0 amide bonds. The van der Waals surface area contributed by atoms with Gasteiger partial charge in [0.05, 0.1) is 11.0 Å². The van der Waals surface area contributed by atoms with Crippen LogP contribution >= 0.6 is 0 Å². The molecule has 0 spiro atoms. The highest BCUT2D eigenvalue weighted by Crippen LogP contribution is 2.23. The summed E-state index contributed by atoms with van der Waals surface area (Å²) >= 11 is 0. The second-order valence-corrected chi connectivity index (χ2v) is 11.1. The van der Waals surface area contributed by atoms with Crippen LogP contribution in [-0.4, -0.2) is 40.9 Å². The van der Waals surface area contributed by atoms with Gasteiger partial charge in [-0.1, -0.05) is 115 Å². The van der Waals surface area contributed by atoms with Gasteiger partial charge in [-0.3, -0.25) is 0 Å². The number of hydrogen-bond donors (Lipinski definition) is 3. The second-order valence-electron chi connectivity index (χ2n) is 11.1. The molecule has 3 N–H and O–H groups in total. The number of rotatable bonds is 23. The summed E-state index contributed by atoms with van der Waals surface area (Å²) in [4.78, 5) is 7.99. The summed E-state index contributed by atoms with van der Waals surface area (Å²) in [6.07, 6.45) is 21.7. The fourth-order valence-corrected chi connectivity index (χ4v) is 5.12. The third-order valence-corrected chi connectivity index (χ3v) is 7.55. The van der Waals surface area contributed by atoms with Crippen molar-refractivity contribution in [3.63, 3.8) is 0 Å². The van der Waals surface area contributed by atoms with Crippen LogP contribution < -0.4 is 10.1 Å². The van der Waals surface area contributed by atoms with Crippen molar-refractivity contribution in [2.24, 2.45) is 0 Å². The van der Waals surface area contributed by atoms with Crippen molar-refractivity contribution in [3.05, 3.63) is 48.5 Å². The number of hydrogen-bond acceptors (Lipinski definition) is 4. The quantitative estimate of drug-likeness (QED) is 0.106. The fourth-order valence-electron chi connectivity index (χ4n) is 5.12. The number of unbranched alkanes of at least 4 members (excludes halogenated alkanes) is 15. The van der Waals surface area contributed by atoms with Gasteiger partial charge in [-0.2, -0.15) is 0 Å². The predicted octanol–water partition coefficient (Wildman–Crippen LogP) is 8.82. The summed E-state index contributed by atoms with van der Waals surface area (Å²) in [5, 5.41) is 13.6.